The van der Waals surface area contributed by atoms with Crippen molar-refractivity contribution in [3.05, 3.63) is 93.8 Å². The summed E-state index contributed by atoms with van der Waals surface area (Å²) < 4.78 is 15.1. The van der Waals surface area contributed by atoms with E-state index in [9.17, 15) is 19.3 Å². The van der Waals surface area contributed by atoms with Gasteiger partial charge in [0, 0.05) is 29.1 Å². The van der Waals surface area contributed by atoms with Crippen LogP contribution in [-0.4, -0.2) is 15.8 Å². The Hall–Kier alpha value is -3.30. The minimum absolute atomic E-state index is 0.0686. The smallest absolute Gasteiger partial charge is 0.269 e. The summed E-state index contributed by atoms with van der Waals surface area (Å²) in [5.41, 5.74) is 2.57. The molecule has 0 atom stereocenters. The number of benzene rings is 3. The number of carbonyl (C=O) groups excluding carboxylic acids is 1. The van der Waals surface area contributed by atoms with Crippen LogP contribution in [0.2, 0.25) is 0 Å². The van der Waals surface area contributed by atoms with Gasteiger partial charge in [0.2, 0.25) is 0 Å². The molecule has 0 aliphatic carbocycles. The molecule has 1 N–H and O–H groups in total. The van der Waals surface area contributed by atoms with Crippen LogP contribution in [0.1, 0.15) is 15.9 Å². The van der Waals surface area contributed by atoms with E-state index in [1.165, 1.54) is 59.5 Å². The molecule has 6 nitrogen and oxygen atoms in total. The van der Waals surface area contributed by atoms with Gasteiger partial charge in [-0.3, -0.25) is 14.9 Å². The van der Waals surface area contributed by atoms with Crippen molar-refractivity contribution in [2.24, 2.45) is 0 Å². The number of anilines is 1. The second kappa shape index (κ2) is 8.60. The number of amides is 1. The summed E-state index contributed by atoms with van der Waals surface area (Å²) >= 11 is 3.02. The number of halogens is 1. The molecule has 0 unspecified atom stereocenters. The lowest BCUT2D eigenvalue weighted by atomic mass is 10.2. The Balaban J connectivity index is 1.45. The normalized spacial score (nSPS) is 10.8. The van der Waals surface area contributed by atoms with E-state index in [-0.39, 0.29) is 17.4 Å². The van der Waals surface area contributed by atoms with Gasteiger partial charge in [-0.2, -0.15) is 0 Å². The van der Waals surface area contributed by atoms with Crippen LogP contribution in [0.25, 0.3) is 10.2 Å². The summed E-state index contributed by atoms with van der Waals surface area (Å²) in [4.78, 5) is 27.2. The van der Waals surface area contributed by atoms with Crippen LogP contribution in [0.15, 0.2) is 71.1 Å². The number of nitro groups is 1. The minimum atomic E-state index is -0.511. The van der Waals surface area contributed by atoms with Crippen molar-refractivity contribution in [1.29, 1.82) is 0 Å². The quantitative estimate of drug-likeness (QED) is 0.230. The van der Waals surface area contributed by atoms with Crippen LogP contribution in [0, 0.1) is 15.9 Å². The van der Waals surface area contributed by atoms with Crippen molar-refractivity contribution in [1.82, 2.24) is 4.98 Å². The second-order valence-electron chi connectivity index (χ2n) is 6.34. The van der Waals surface area contributed by atoms with E-state index in [2.05, 4.69) is 10.3 Å². The Morgan fingerprint density at radius 3 is 2.67 bits per heavy atom. The molecule has 0 aliphatic heterocycles. The predicted octanol–water partition coefficient (Wildman–Crippen LogP) is 5.89. The fourth-order valence-electron chi connectivity index (χ4n) is 2.75. The first kappa shape index (κ1) is 20.0. The lowest BCUT2D eigenvalue weighted by molar-refractivity contribution is -0.384. The molecule has 0 fully saturated rings. The van der Waals surface area contributed by atoms with E-state index < -0.39 is 4.92 Å². The van der Waals surface area contributed by atoms with Crippen molar-refractivity contribution in [2.75, 3.05) is 5.32 Å². The summed E-state index contributed by atoms with van der Waals surface area (Å²) in [5, 5.41) is 13.5. The molecule has 4 rings (SSSR count). The van der Waals surface area contributed by atoms with Crippen molar-refractivity contribution >= 4 is 50.6 Å². The standard InChI is InChI=1S/C21H14FN3O3S2/c22-15-3-1-2-13(10-15)12-29-21-24-18-9-6-16(11-19(18)30-21)23-20(26)14-4-7-17(8-5-14)25(27)28/h1-11H,12H2,(H,23,26). The molecule has 3 aromatic carbocycles. The third-order valence-electron chi connectivity index (χ3n) is 4.22. The third kappa shape index (κ3) is 4.64. The third-order valence-corrected chi connectivity index (χ3v) is 6.45. The molecule has 30 heavy (non-hydrogen) atoms. The number of nitrogens with one attached hydrogen (secondary N) is 1. The highest BCUT2D eigenvalue weighted by molar-refractivity contribution is 8.00. The lowest BCUT2D eigenvalue weighted by Crippen LogP contribution is -2.11. The topological polar surface area (TPSA) is 85.1 Å². The van der Waals surface area contributed by atoms with E-state index in [1.54, 1.807) is 12.1 Å². The van der Waals surface area contributed by atoms with E-state index in [1.807, 2.05) is 18.2 Å². The zero-order chi connectivity index (χ0) is 21.1. The molecule has 0 spiro atoms. The lowest BCUT2D eigenvalue weighted by Gasteiger charge is -2.05. The number of rotatable bonds is 6. The number of thioether (sulfide) groups is 1. The fraction of sp³-hybridized carbons (Fsp3) is 0.0476. The van der Waals surface area contributed by atoms with Gasteiger partial charge in [0.15, 0.2) is 4.34 Å². The van der Waals surface area contributed by atoms with Crippen LogP contribution < -0.4 is 5.32 Å². The number of hydrogen-bond acceptors (Lipinski definition) is 6. The largest absolute Gasteiger partial charge is 0.322 e. The maximum absolute atomic E-state index is 13.3. The van der Waals surface area contributed by atoms with Gasteiger partial charge in [-0.25, -0.2) is 9.37 Å². The molecule has 150 valence electrons. The number of aromatic nitrogens is 1. The van der Waals surface area contributed by atoms with E-state index in [4.69, 9.17) is 0 Å². The van der Waals surface area contributed by atoms with Crippen LogP contribution in [0.3, 0.4) is 0 Å². The maximum atomic E-state index is 13.3. The molecule has 1 aromatic heterocycles. The van der Waals surface area contributed by atoms with Crippen molar-refractivity contribution < 1.29 is 14.1 Å². The maximum Gasteiger partial charge on any atom is 0.269 e. The highest BCUT2D eigenvalue weighted by atomic mass is 32.2. The Bertz CT molecular complexity index is 1240. The monoisotopic (exact) mass is 439 g/mol. The van der Waals surface area contributed by atoms with Crippen LogP contribution in [0.4, 0.5) is 15.8 Å². The zero-order valence-corrected chi connectivity index (χ0v) is 17.0. The molecular formula is C21H14FN3O3S2. The van der Waals surface area contributed by atoms with Gasteiger partial charge >= 0.3 is 0 Å². The van der Waals surface area contributed by atoms with Gasteiger partial charge in [-0.15, -0.1) is 11.3 Å². The second-order valence-corrected chi connectivity index (χ2v) is 8.59. The Kier molecular flexibility index (Phi) is 5.73. The Morgan fingerprint density at radius 2 is 1.93 bits per heavy atom. The summed E-state index contributed by atoms with van der Waals surface area (Å²) in [6.45, 7) is 0. The SMILES string of the molecule is O=C(Nc1ccc2nc(SCc3cccc(F)c3)sc2c1)c1ccc([N+](=O)[O-])cc1. The van der Waals surface area contributed by atoms with Crippen LogP contribution in [-0.2, 0) is 5.75 Å². The number of nitrogens with zero attached hydrogens (tertiary/aromatic N) is 2. The average molecular weight is 439 g/mol. The first-order valence-electron chi connectivity index (χ1n) is 8.81. The summed E-state index contributed by atoms with van der Waals surface area (Å²) in [6.07, 6.45) is 0. The Morgan fingerprint density at radius 1 is 1.13 bits per heavy atom. The van der Waals surface area contributed by atoms with Crippen LogP contribution >= 0.6 is 23.1 Å². The van der Waals surface area contributed by atoms with Gasteiger partial charge in [-0.05, 0) is 48.0 Å². The number of thiazole rings is 1. The number of non-ortho nitro benzene ring substituents is 1. The molecule has 0 aliphatic rings. The molecular weight excluding hydrogens is 425 g/mol. The van der Waals surface area contributed by atoms with Crippen LogP contribution in [0.5, 0.6) is 0 Å². The number of nitro benzene ring substituents is 1. The average Bonchev–Trinajstić information content (AvgIpc) is 3.14. The molecule has 1 heterocycles. The van der Waals surface area contributed by atoms with E-state index in [0.29, 0.717) is 17.0 Å². The number of carbonyl (C=O) groups is 1. The summed E-state index contributed by atoms with van der Waals surface area (Å²) in [6, 6.07) is 17.3. The van der Waals surface area contributed by atoms with E-state index >= 15 is 0 Å². The molecule has 0 saturated carbocycles. The number of fused-ring (bicyclic) bond motifs is 1. The predicted molar refractivity (Wildman–Crippen MR) is 117 cm³/mol. The first-order valence-corrected chi connectivity index (χ1v) is 10.6. The van der Waals surface area contributed by atoms with Gasteiger partial charge < -0.3 is 5.32 Å². The Labute approximate surface area is 178 Å². The first-order chi connectivity index (χ1) is 14.5. The van der Waals surface area contributed by atoms with Gasteiger partial charge in [-0.1, -0.05) is 23.9 Å². The molecule has 0 radical (unpaired) electrons. The zero-order valence-electron chi connectivity index (χ0n) is 15.4. The van der Waals surface area contributed by atoms with Crippen molar-refractivity contribution in [3.63, 3.8) is 0 Å². The summed E-state index contributed by atoms with van der Waals surface area (Å²) in [5.74, 6) is 0.00156. The number of hydrogen-bond donors (Lipinski definition) is 1. The molecule has 0 bridgehead atoms. The van der Waals surface area contributed by atoms with Crippen molar-refractivity contribution in [3.8, 4) is 0 Å². The van der Waals surface area contributed by atoms with Crippen molar-refractivity contribution in [2.45, 2.75) is 10.1 Å². The van der Waals surface area contributed by atoms with E-state index in [0.717, 1.165) is 20.1 Å². The summed E-state index contributed by atoms with van der Waals surface area (Å²) in [7, 11) is 0. The molecule has 4 aromatic rings. The molecule has 0 saturated heterocycles. The van der Waals surface area contributed by atoms with Gasteiger partial charge in [0.05, 0.1) is 15.1 Å². The van der Waals surface area contributed by atoms with Gasteiger partial charge in [0.25, 0.3) is 11.6 Å². The molecule has 9 heteroatoms. The highest BCUT2D eigenvalue weighted by Crippen LogP contribution is 2.33. The molecule has 1 amide bonds. The highest BCUT2D eigenvalue weighted by Gasteiger charge is 2.11. The van der Waals surface area contributed by atoms with Gasteiger partial charge in [0.1, 0.15) is 5.82 Å². The fourth-order valence-corrected chi connectivity index (χ4v) is 4.80. The minimum Gasteiger partial charge on any atom is -0.322 e.